The summed E-state index contributed by atoms with van der Waals surface area (Å²) in [7, 11) is 0. The van der Waals surface area contributed by atoms with Gasteiger partial charge in [0.2, 0.25) is 0 Å². The third kappa shape index (κ3) is 3.22. The molecule has 2 aromatic rings. The van der Waals surface area contributed by atoms with Crippen LogP contribution in [0.5, 0.6) is 0 Å². The van der Waals surface area contributed by atoms with E-state index in [4.69, 9.17) is 4.99 Å². The van der Waals surface area contributed by atoms with E-state index >= 15 is 0 Å². The topological polar surface area (TPSA) is 15.6 Å². The number of nitrogens with zero attached hydrogens (tertiary/aromatic N) is 2. The molecule has 0 atom stereocenters. The maximum Gasteiger partial charge on any atom is 0.0661 e. The lowest BCUT2D eigenvalue weighted by molar-refractivity contribution is 0.949. The SMILES string of the molecule is CCc1ccccc1N=Cc1ccc(N2CCCC2)cc1C. The summed E-state index contributed by atoms with van der Waals surface area (Å²) in [6, 6.07) is 15.1. The van der Waals surface area contributed by atoms with Gasteiger partial charge in [0.15, 0.2) is 0 Å². The van der Waals surface area contributed by atoms with Gasteiger partial charge < -0.3 is 4.90 Å². The van der Waals surface area contributed by atoms with Crippen LogP contribution in [0, 0.1) is 6.92 Å². The molecule has 0 N–H and O–H groups in total. The molecule has 0 radical (unpaired) electrons. The predicted octanol–water partition coefficient (Wildman–Crippen LogP) is 4.91. The Bertz CT molecular complexity index is 667. The fourth-order valence-corrected chi connectivity index (χ4v) is 3.05. The Hall–Kier alpha value is -2.09. The van der Waals surface area contributed by atoms with Gasteiger partial charge in [-0.25, -0.2) is 0 Å². The maximum atomic E-state index is 4.70. The molecule has 1 aliphatic rings. The minimum atomic E-state index is 1.01. The Morgan fingerprint density at radius 3 is 2.59 bits per heavy atom. The Morgan fingerprint density at radius 1 is 1.09 bits per heavy atom. The molecule has 1 fully saturated rings. The highest BCUT2D eigenvalue weighted by Crippen LogP contribution is 2.23. The van der Waals surface area contributed by atoms with Crippen molar-refractivity contribution in [3.63, 3.8) is 0 Å². The summed E-state index contributed by atoms with van der Waals surface area (Å²) in [6.45, 7) is 6.73. The van der Waals surface area contributed by atoms with Crippen LogP contribution in [0.4, 0.5) is 11.4 Å². The van der Waals surface area contributed by atoms with Crippen molar-refractivity contribution in [2.24, 2.45) is 4.99 Å². The first-order chi connectivity index (χ1) is 10.8. The van der Waals surface area contributed by atoms with E-state index in [1.165, 1.54) is 48.3 Å². The fourth-order valence-electron chi connectivity index (χ4n) is 3.05. The summed E-state index contributed by atoms with van der Waals surface area (Å²) in [5.41, 5.74) is 6.22. The van der Waals surface area contributed by atoms with Gasteiger partial charge in [0.1, 0.15) is 0 Å². The van der Waals surface area contributed by atoms with E-state index in [2.05, 4.69) is 61.2 Å². The number of benzene rings is 2. The third-order valence-corrected chi connectivity index (χ3v) is 4.44. The van der Waals surface area contributed by atoms with Crippen molar-refractivity contribution in [3.8, 4) is 0 Å². The van der Waals surface area contributed by atoms with Crippen molar-refractivity contribution in [2.45, 2.75) is 33.1 Å². The summed E-state index contributed by atoms with van der Waals surface area (Å²) in [5.74, 6) is 0. The highest BCUT2D eigenvalue weighted by molar-refractivity contribution is 5.85. The summed E-state index contributed by atoms with van der Waals surface area (Å²) >= 11 is 0. The van der Waals surface area contributed by atoms with Crippen LogP contribution in [0.2, 0.25) is 0 Å². The van der Waals surface area contributed by atoms with Crippen LogP contribution in [-0.4, -0.2) is 19.3 Å². The molecule has 0 aromatic heterocycles. The van der Waals surface area contributed by atoms with Gasteiger partial charge in [0.05, 0.1) is 5.69 Å². The van der Waals surface area contributed by atoms with Crippen LogP contribution in [0.15, 0.2) is 47.5 Å². The zero-order chi connectivity index (χ0) is 15.4. The molecule has 1 saturated heterocycles. The molecule has 0 bridgehead atoms. The Morgan fingerprint density at radius 2 is 1.86 bits per heavy atom. The number of aliphatic imine (C=N–C) groups is 1. The van der Waals surface area contributed by atoms with Crippen LogP contribution in [-0.2, 0) is 6.42 Å². The van der Waals surface area contributed by atoms with E-state index < -0.39 is 0 Å². The molecule has 0 aliphatic carbocycles. The number of hydrogen-bond acceptors (Lipinski definition) is 2. The molecule has 2 nitrogen and oxygen atoms in total. The zero-order valence-electron chi connectivity index (χ0n) is 13.5. The van der Waals surface area contributed by atoms with Gasteiger partial charge in [-0.15, -0.1) is 0 Å². The first-order valence-corrected chi connectivity index (χ1v) is 8.25. The molecule has 22 heavy (non-hydrogen) atoms. The number of hydrogen-bond donors (Lipinski definition) is 0. The van der Waals surface area contributed by atoms with Crippen molar-refractivity contribution in [1.82, 2.24) is 0 Å². The minimum Gasteiger partial charge on any atom is -0.372 e. The van der Waals surface area contributed by atoms with Crippen molar-refractivity contribution >= 4 is 17.6 Å². The molecule has 2 heteroatoms. The lowest BCUT2D eigenvalue weighted by Gasteiger charge is -2.18. The smallest absolute Gasteiger partial charge is 0.0661 e. The average molecular weight is 292 g/mol. The largest absolute Gasteiger partial charge is 0.372 e. The Labute approximate surface area is 133 Å². The molecule has 2 aromatic carbocycles. The van der Waals surface area contributed by atoms with Gasteiger partial charge in [-0.05, 0) is 61.1 Å². The second kappa shape index (κ2) is 6.78. The first kappa shape index (κ1) is 14.8. The van der Waals surface area contributed by atoms with Gasteiger partial charge in [0, 0.05) is 25.0 Å². The molecule has 3 rings (SSSR count). The normalized spacial score (nSPS) is 14.9. The number of para-hydroxylation sites is 1. The van der Waals surface area contributed by atoms with Crippen LogP contribution in [0.1, 0.15) is 36.5 Å². The highest BCUT2D eigenvalue weighted by Gasteiger charge is 2.12. The minimum absolute atomic E-state index is 1.01. The molecule has 1 heterocycles. The lowest BCUT2D eigenvalue weighted by atomic mass is 10.1. The molecule has 114 valence electrons. The molecule has 0 amide bonds. The van der Waals surface area contributed by atoms with E-state index in [1.54, 1.807) is 0 Å². The summed E-state index contributed by atoms with van der Waals surface area (Å²) in [4.78, 5) is 7.17. The first-order valence-electron chi connectivity index (χ1n) is 8.25. The van der Waals surface area contributed by atoms with Crippen molar-refractivity contribution < 1.29 is 0 Å². The summed E-state index contributed by atoms with van der Waals surface area (Å²) < 4.78 is 0. The molecule has 1 aliphatic heterocycles. The van der Waals surface area contributed by atoms with Gasteiger partial charge in [-0.2, -0.15) is 0 Å². The second-order valence-electron chi connectivity index (χ2n) is 5.98. The predicted molar refractivity (Wildman–Crippen MR) is 95.7 cm³/mol. The standard InChI is InChI=1S/C20H24N2/c1-3-17-8-4-5-9-20(17)21-15-18-10-11-19(14-16(18)2)22-12-6-7-13-22/h4-5,8-11,14-15H,3,6-7,12-13H2,1-2H3. The van der Waals surface area contributed by atoms with Crippen LogP contribution in [0.3, 0.4) is 0 Å². The van der Waals surface area contributed by atoms with Gasteiger partial charge >= 0.3 is 0 Å². The van der Waals surface area contributed by atoms with E-state index in [0.29, 0.717) is 0 Å². The van der Waals surface area contributed by atoms with E-state index in [-0.39, 0.29) is 0 Å². The number of rotatable bonds is 4. The van der Waals surface area contributed by atoms with Crippen molar-refractivity contribution in [2.75, 3.05) is 18.0 Å². The maximum absolute atomic E-state index is 4.70. The van der Waals surface area contributed by atoms with E-state index in [0.717, 1.165) is 12.1 Å². The fraction of sp³-hybridized carbons (Fsp3) is 0.350. The van der Waals surface area contributed by atoms with Crippen molar-refractivity contribution in [3.05, 3.63) is 59.2 Å². The third-order valence-electron chi connectivity index (χ3n) is 4.44. The molecule has 0 unspecified atom stereocenters. The monoisotopic (exact) mass is 292 g/mol. The average Bonchev–Trinajstić information content (AvgIpc) is 3.08. The number of aryl methyl sites for hydroxylation is 2. The number of anilines is 1. The molecular formula is C20H24N2. The van der Waals surface area contributed by atoms with Gasteiger partial charge in [-0.3, -0.25) is 4.99 Å². The van der Waals surface area contributed by atoms with E-state index in [9.17, 15) is 0 Å². The van der Waals surface area contributed by atoms with Crippen LogP contribution < -0.4 is 4.90 Å². The molecular weight excluding hydrogens is 268 g/mol. The Kier molecular flexibility index (Phi) is 4.57. The van der Waals surface area contributed by atoms with Gasteiger partial charge in [-0.1, -0.05) is 31.2 Å². The summed E-state index contributed by atoms with van der Waals surface area (Å²) in [5, 5.41) is 0. The zero-order valence-corrected chi connectivity index (χ0v) is 13.5. The molecule has 0 spiro atoms. The summed E-state index contributed by atoms with van der Waals surface area (Å²) in [6.07, 6.45) is 5.64. The quantitative estimate of drug-likeness (QED) is 0.731. The van der Waals surface area contributed by atoms with E-state index in [1.807, 2.05) is 6.21 Å². The Balaban J connectivity index is 1.81. The van der Waals surface area contributed by atoms with Crippen molar-refractivity contribution in [1.29, 1.82) is 0 Å². The highest BCUT2D eigenvalue weighted by atomic mass is 15.1. The van der Waals surface area contributed by atoms with Gasteiger partial charge in [0.25, 0.3) is 0 Å². The lowest BCUT2D eigenvalue weighted by Crippen LogP contribution is -2.17. The molecule has 0 saturated carbocycles. The van der Waals surface area contributed by atoms with Crippen LogP contribution in [0.25, 0.3) is 0 Å². The van der Waals surface area contributed by atoms with Crippen LogP contribution >= 0.6 is 0 Å². The second-order valence-corrected chi connectivity index (χ2v) is 5.98.